The van der Waals surface area contributed by atoms with Crippen LogP contribution in [0.2, 0.25) is 0 Å². The van der Waals surface area contributed by atoms with Crippen molar-refractivity contribution in [3.05, 3.63) is 120 Å². The van der Waals surface area contributed by atoms with Crippen molar-refractivity contribution in [3.63, 3.8) is 0 Å². The molecule has 0 unspecified atom stereocenters. The second kappa shape index (κ2) is 11.7. The van der Waals surface area contributed by atoms with E-state index in [1.807, 2.05) is 60.7 Å². The molecule has 6 nitrogen and oxygen atoms in total. The molecule has 0 aliphatic rings. The molecule has 0 fully saturated rings. The number of benzene rings is 4. The number of amides is 1. The van der Waals surface area contributed by atoms with E-state index in [9.17, 15) is 13.6 Å². The molecule has 4 aromatic carbocycles. The Labute approximate surface area is 222 Å². The summed E-state index contributed by atoms with van der Waals surface area (Å²) in [5.74, 6) is -0.659. The molecule has 0 saturated carbocycles. The second-order valence-electron chi connectivity index (χ2n) is 8.24. The third-order valence-electron chi connectivity index (χ3n) is 5.53. The number of aromatic nitrogens is 3. The lowest BCUT2D eigenvalue weighted by molar-refractivity contribution is -0.113. The Hall–Kier alpha value is -4.50. The van der Waals surface area contributed by atoms with Crippen LogP contribution < -0.4 is 10.1 Å². The van der Waals surface area contributed by atoms with Gasteiger partial charge in [0, 0.05) is 17.3 Å². The first kappa shape index (κ1) is 25.2. The number of rotatable bonds is 9. The van der Waals surface area contributed by atoms with E-state index in [4.69, 9.17) is 4.74 Å². The molecule has 1 N–H and O–H groups in total. The second-order valence-corrected chi connectivity index (χ2v) is 9.18. The molecule has 1 aromatic heterocycles. The maximum Gasteiger partial charge on any atom is 0.234 e. The number of anilines is 1. The minimum atomic E-state index is -0.761. The Morgan fingerprint density at radius 3 is 2.29 bits per heavy atom. The molecule has 1 heterocycles. The van der Waals surface area contributed by atoms with Crippen LogP contribution in [0.5, 0.6) is 5.75 Å². The standard InChI is InChI=1S/C29H22F2N4O2S/c30-22-11-16-26(25(31)17-22)35-28(21-9-5-2-6-10-21)33-34-29(35)38-19-27(36)32-23-12-14-24(15-13-23)37-18-20-7-3-1-4-8-20/h1-17H,18-19H2,(H,32,36). The largest absolute Gasteiger partial charge is 0.489 e. The summed E-state index contributed by atoms with van der Waals surface area (Å²) >= 11 is 1.10. The number of carbonyl (C=O) groups excluding carboxylic acids is 1. The van der Waals surface area contributed by atoms with Crippen LogP contribution in [-0.4, -0.2) is 26.4 Å². The van der Waals surface area contributed by atoms with Gasteiger partial charge in [0.1, 0.15) is 24.0 Å². The topological polar surface area (TPSA) is 69.0 Å². The van der Waals surface area contributed by atoms with Crippen molar-refractivity contribution in [1.29, 1.82) is 0 Å². The lowest BCUT2D eigenvalue weighted by Gasteiger charge is -2.12. The first-order valence-electron chi connectivity index (χ1n) is 11.7. The molecule has 5 rings (SSSR count). The fraction of sp³-hybridized carbons (Fsp3) is 0.0690. The van der Waals surface area contributed by atoms with Crippen molar-refractivity contribution in [2.75, 3.05) is 11.1 Å². The zero-order chi connectivity index (χ0) is 26.3. The van der Waals surface area contributed by atoms with Gasteiger partial charge in [-0.1, -0.05) is 72.4 Å². The molecule has 190 valence electrons. The summed E-state index contributed by atoms with van der Waals surface area (Å²) in [4.78, 5) is 12.7. The number of thioether (sulfide) groups is 1. The van der Waals surface area contributed by atoms with Gasteiger partial charge in [-0.3, -0.25) is 9.36 Å². The van der Waals surface area contributed by atoms with Gasteiger partial charge in [0.2, 0.25) is 5.91 Å². The van der Waals surface area contributed by atoms with Crippen molar-refractivity contribution in [2.45, 2.75) is 11.8 Å². The zero-order valence-electron chi connectivity index (χ0n) is 20.1. The Balaban J connectivity index is 1.26. The van der Waals surface area contributed by atoms with Crippen LogP contribution in [0.1, 0.15) is 5.56 Å². The van der Waals surface area contributed by atoms with E-state index in [1.54, 1.807) is 24.3 Å². The van der Waals surface area contributed by atoms with Gasteiger partial charge in [-0.05, 0) is 42.0 Å². The minimum Gasteiger partial charge on any atom is -0.489 e. The predicted octanol–water partition coefficient (Wildman–Crippen LogP) is 6.52. The summed E-state index contributed by atoms with van der Waals surface area (Å²) in [6, 6.07) is 29.3. The quantitative estimate of drug-likeness (QED) is 0.221. The third-order valence-corrected chi connectivity index (χ3v) is 6.46. The highest BCUT2D eigenvalue weighted by molar-refractivity contribution is 7.99. The monoisotopic (exact) mass is 528 g/mol. The summed E-state index contributed by atoms with van der Waals surface area (Å²) in [7, 11) is 0. The van der Waals surface area contributed by atoms with E-state index in [0.717, 1.165) is 23.4 Å². The third kappa shape index (κ3) is 6.07. The highest BCUT2D eigenvalue weighted by Crippen LogP contribution is 2.29. The summed E-state index contributed by atoms with van der Waals surface area (Å²) in [5.41, 5.74) is 2.46. The lowest BCUT2D eigenvalue weighted by atomic mass is 10.2. The van der Waals surface area contributed by atoms with Crippen LogP contribution in [0.3, 0.4) is 0 Å². The normalized spacial score (nSPS) is 10.8. The van der Waals surface area contributed by atoms with E-state index in [-0.39, 0.29) is 17.3 Å². The van der Waals surface area contributed by atoms with E-state index in [0.29, 0.717) is 34.6 Å². The molecule has 1 amide bonds. The highest BCUT2D eigenvalue weighted by atomic mass is 32.2. The summed E-state index contributed by atoms with van der Waals surface area (Å²) in [6.07, 6.45) is 0. The molecule has 0 aliphatic carbocycles. The van der Waals surface area contributed by atoms with E-state index >= 15 is 0 Å². The Kier molecular flexibility index (Phi) is 7.75. The first-order valence-corrected chi connectivity index (χ1v) is 12.7. The molecule has 0 radical (unpaired) electrons. The molecule has 0 spiro atoms. The number of nitrogens with zero attached hydrogens (tertiary/aromatic N) is 3. The first-order chi connectivity index (χ1) is 18.6. The summed E-state index contributed by atoms with van der Waals surface area (Å²) < 4.78 is 35.6. The Bertz CT molecular complexity index is 1530. The van der Waals surface area contributed by atoms with Crippen LogP contribution in [0.4, 0.5) is 14.5 Å². The fourth-order valence-electron chi connectivity index (χ4n) is 3.72. The van der Waals surface area contributed by atoms with E-state index < -0.39 is 11.6 Å². The van der Waals surface area contributed by atoms with Gasteiger partial charge in [0.05, 0.1) is 11.4 Å². The Morgan fingerprint density at radius 2 is 1.58 bits per heavy atom. The maximum absolute atomic E-state index is 14.7. The number of hydrogen-bond acceptors (Lipinski definition) is 5. The molecule has 0 aliphatic heterocycles. The van der Waals surface area contributed by atoms with Crippen molar-refractivity contribution >= 4 is 23.4 Å². The highest BCUT2D eigenvalue weighted by Gasteiger charge is 2.20. The molecule has 0 saturated heterocycles. The number of nitrogens with one attached hydrogen (secondary N) is 1. The van der Waals surface area contributed by atoms with Crippen LogP contribution in [0.25, 0.3) is 17.1 Å². The van der Waals surface area contributed by atoms with Crippen LogP contribution in [0, 0.1) is 11.6 Å². The van der Waals surface area contributed by atoms with Crippen LogP contribution in [0.15, 0.2) is 108 Å². The zero-order valence-corrected chi connectivity index (χ0v) is 20.9. The maximum atomic E-state index is 14.7. The minimum absolute atomic E-state index is 0.00198. The summed E-state index contributed by atoms with van der Waals surface area (Å²) in [6.45, 7) is 0.448. The molecule has 0 bridgehead atoms. The van der Waals surface area contributed by atoms with Crippen molar-refractivity contribution in [2.24, 2.45) is 0 Å². The number of halogens is 2. The van der Waals surface area contributed by atoms with Gasteiger partial charge in [-0.15, -0.1) is 10.2 Å². The van der Waals surface area contributed by atoms with Crippen molar-refractivity contribution in [1.82, 2.24) is 14.8 Å². The predicted molar refractivity (Wildman–Crippen MR) is 143 cm³/mol. The van der Waals surface area contributed by atoms with Gasteiger partial charge in [0.25, 0.3) is 0 Å². The number of hydrogen-bond donors (Lipinski definition) is 1. The average Bonchev–Trinajstić information content (AvgIpc) is 3.36. The van der Waals surface area contributed by atoms with E-state index in [1.165, 1.54) is 16.7 Å². The molecule has 0 atom stereocenters. The van der Waals surface area contributed by atoms with Gasteiger partial charge >= 0.3 is 0 Å². The lowest BCUT2D eigenvalue weighted by Crippen LogP contribution is -2.14. The molecular formula is C29H22F2N4O2S. The SMILES string of the molecule is O=C(CSc1nnc(-c2ccccc2)n1-c1ccc(F)cc1F)Nc1ccc(OCc2ccccc2)cc1. The number of carbonyl (C=O) groups is 1. The van der Waals surface area contributed by atoms with Crippen molar-refractivity contribution < 1.29 is 18.3 Å². The van der Waals surface area contributed by atoms with Gasteiger partial charge in [-0.2, -0.15) is 0 Å². The molecule has 9 heteroatoms. The van der Waals surface area contributed by atoms with Gasteiger partial charge in [-0.25, -0.2) is 8.78 Å². The van der Waals surface area contributed by atoms with Crippen molar-refractivity contribution in [3.8, 4) is 22.8 Å². The fourth-order valence-corrected chi connectivity index (χ4v) is 4.46. The molecule has 38 heavy (non-hydrogen) atoms. The van der Waals surface area contributed by atoms with Gasteiger partial charge in [0.15, 0.2) is 11.0 Å². The number of ether oxygens (including phenoxy) is 1. The van der Waals surface area contributed by atoms with Crippen LogP contribution in [-0.2, 0) is 11.4 Å². The van der Waals surface area contributed by atoms with Crippen LogP contribution >= 0.6 is 11.8 Å². The van der Waals surface area contributed by atoms with Gasteiger partial charge < -0.3 is 10.1 Å². The summed E-state index contributed by atoms with van der Waals surface area (Å²) in [5, 5.41) is 11.5. The molecule has 5 aromatic rings. The van der Waals surface area contributed by atoms with E-state index in [2.05, 4.69) is 15.5 Å². The average molecular weight is 529 g/mol. The molecular weight excluding hydrogens is 506 g/mol. The smallest absolute Gasteiger partial charge is 0.234 e. The Morgan fingerprint density at radius 1 is 0.868 bits per heavy atom.